The number of allylic oxidation sites excluding steroid dienone is 2. The molecular weight excluding hydrogens is 593 g/mol. The van der Waals surface area contributed by atoms with E-state index in [9.17, 15) is 9.59 Å². The topological polar surface area (TPSA) is 73.9 Å². The molecule has 7 heteroatoms. The standard InChI is InChI=1S/C31H28INO5/c1-4-36-24-16-20(15-23(32)30(24)38-17-19-11-7-6-8-12-19)26-25(31(35)37-5-2)18(3)33-28-21-13-9-10-14-22(21)29(34)27(26)28/h6-16,26,33H,4-5,17H2,1-3H3/t26-/m1/s1. The van der Waals surface area contributed by atoms with Gasteiger partial charge in [-0.1, -0.05) is 54.6 Å². The summed E-state index contributed by atoms with van der Waals surface area (Å²) in [5, 5.41) is 3.34. The zero-order valence-electron chi connectivity index (χ0n) is 21.5. The van der Waals surface area contributed by atoms with Gasteiger partial charge >= 0.3 is 5.97 Å². The molecule has 5 rings (SSSR count). The lowest BCUT2D eigenvalue weighted by Crippen LogP contribution is -2.29. The van der Waals surface area contributed by atoms with Crippen LogP contribution in [-0.2, 0) is 16.1 Å². The molecule has 38 heavy (non-hydrogen) atoms. The van der Waals surface area contributed by atoms with Gasteiger partial charge in [0, 0.05) is 28.3 Å². The van der Waals surface area contributed by atoms with Crippen LogP contribution in [0.3, 0.4) is 0 Å². The Morgan fingerprint density at radius 1 is 0.947 bits per heavy atom. The lowest BCUT2D eigenvalue weighted by atomic mass is 9.79. The number of benzene rings is 3. The summed E-state index contributed by atoms with van der Waals surface area (Å²) in [5.41, 5.74) is 5.62. The van der Waals surface area contributed by atoms with Crippen LogP contribution in [0.5, 0.6) is 11.5 Å². The Kier molecular flexibility index (Phi) is 7.56. The molecule has 1 aliphatic heterocycles. The molecular formula is C31H28INO5. The van der Waals surface area contributed by atoms with Crippen molar-refractivity contribution in [1.29, 1.82) is 0 Å². The van der Waals surface area contributed by atoms with Crippen LogP contribution in [0.1, 0.15) is 53.7 Å². The number of hydrogen-bond acceptors (Lipinski definition) is 6. The van der Waals surface area contributed by atoms with Crippen molar-refractivity contribution in [1.82, 2.24) is 5.32 Å². The molecule has 0 unspecified atom stereocenters. The van der Waals surface area contributed by atoms with Crippen LogP contribution < -0.4 is 14.8 Å². The van der Waals surface area contributed by atoms with Gasteiger partial charge in [-0.2, -0.15) is 0 Å². The second-order valence-electron chi connectivity index (χ2n) is 9.02. The Bertz CT molecular complexity index is 1470. The van der Waals surface area contributed by atoms with Gasteiger partial charge in [-0.25, -0.2) is 4.79 Å². The summed E-state index contributed by atoms with van der Waals surface area (Å²) in [6, 6.07) is 21.3. The summed E-state index contributed by atoms with van der Waals surface area (Å²) in [7, 11) is 0. The molecule has 0 aromatic heterocycles. The quantitative estimate of drug-likeness (QED) is 0.232. The van der Waals surface area contributed by atoms with E-state index in [0.717, 1.165) is 26.0 Å². The average molecular weight is 621 g/mol. The third-order valence-corrected chi connectivity index (χ3v) is 7.44. The fourth-order valence-electron chi connectivity index (χ4n) is 5.03. The molecule has 6 nitrogen and oxygen atoms in total. The Labute approximate surface area is 235 Å². The molecule has 194 valence electrons. The molecule has 1 heterocycles. The number of Topliss-reactive ketones (excluding diaryl/α,β-unsaturated/α-hetero) is 1. The fraction of sp³-hybridized carbons (Fsp3) is 0.226. The summed E-state index contributed by atoms with van der Waals surface area (Å²) in [5.74, 6) is 0.0218. The predicted octanol–water partition coefficient (Wildman–Crippen LogP) is 6.40. The maximum atomic E-state index is 13.7. The van der Waals surface area contributed by atoms with Crippen molar-refractivity contribution in [2.75, 3.05) is 13.2 Å². The van der Waals surface area contributed by atoms with Gasteiger partial charge in [-0.15, -0.1) is 0 Å². The number of hydrogen-bond donors (Lipinski definition) is 1. The van der Waals surface area contributed by atoms with Gasteiger partial charge in [-0.3, -0.25) is 4.79 Å². The van der Waals surface area contributed by atoms with Crippen molar-refractivity contribution < 1.29 is 23.8 Å². The summed E-state index contributed by atoms with van der Waals surface area (Å²) in [6.45, 7) is 6.59. The second kappa shape index (κ2) is 11.0. The van der Waals surface area contributed by atoms with E-state index in [1.165, 1.54) is 0 Å². The van der Waals surface area contributed by atoms with Crippen molar-refractivity contribution in [3.05, 3.63) is 109 Å². The SMILES string of the molecule is CCOC(=O)C1=C(C)NC2=C(C(=O)c3ccccc32)[C@@H]1c1cc(I)c(OCc2ccccc2)c(OCC)c1. The van der Waals surface area contributed by atoms with E-state index in [2.05, 4.69) is 27.9 Å². The zero-order valence-corrected chi connectivity index (χ0v) is 23.6. The van der Waals surface area contributed by atoms with E-state index in [1.54, 1.807) is 6.92 Å². The highest BCUT2D eigenvalue weighted by Crippen LogP contribution is 2.48. The number of carbonyl (C=O) groups is 2. The monoisotopic (exact) mass is 621 g/mol. The van der Waals surface area contributed by atoms with Gasteiger partial charge < -0.3 is 19.5 Å². The van der Waals surface area contributed by atoms with E-state index in [4.69, 9.17) is 14.2 Å². The molecule has 0 fully saturated rings. The van der Waals surface area contributed by atoms with Gasteiger partial charge in [0.2, 0.25) is 0 Å². The smallest absolute Gasteiger partial charge is 0.336 e. The number of ketones is 1. The number of rotatable bonds is 8. The minimum absolute atomic E-state index is 0.0974. The molecule has 3 aromatic rings. The Morgan fingerprint density at radius 2 is 1.66 bits per heavy atom. The van der Waals surface area contributed by atoms with E-state index >= 15 is 0 Å². The van der Waals surface area contributed by atoms with Gasteiger partial charge in [0.05, 0.1) is 28.1 Å². The van der Waals surface area contributed by atoms with E-state index < -0.39 is 11.9 Å². The van der Waals surface area contributed by atoms with Gasteiger partial charge in [0.1, 0.15) is 6.61 Å². The Hall–Kier alpha value is -3.59. The van der Waals surface area contributed by atoms with Gasteiger partial charge in [0.25, 0.3) is 0 Å². The maximum absolute atomic E-state index is 13.7. The predicted molar refractivity (Wildman–Crippen MR) is 154 cm³/mol. The summed E-state index contributed by atoms with van der Waals surface area (Å²) in [6.07, 6.45) is 0. The van der Waals surface area contributed by atoms with Gasteiger partial charge in [0.15, 0.2) is 17.3 Å². The molecule has 3 aromatic carbocycles. The first-order valence-corrected chi connectivity index (χ1v) is 13.7. The van der Waals surface area contributed by atoms with Crippen molar-refractivity contribution in [3.8, 4) is 11.5 Å². The number of nitrogens with one attached hydrogen (secondary N) is 1. The average Bonchev–Trinajstić information content (AvgIpc) is 3.19. The van der Waals surface area contributed by atoms with Crippen LogP contribution in [-0.4, -0.2) is 25.0 Å². The molecule has 0 radical (unpaired) electrons. The van der Waals surface area contributed by atoms with Crippen molar-refractivity contribution in [3.63, 3.8) is 0 Å². The maximum Gasteiger partial charge on any atom is 0.336 e. The third kappa shape index (κ3) is 4.71. The molecule has 0 saturated carbocycles. The normalized spacial score (nSPS) is 16.1. The number of halogens is 1. The third-order valence-electron chi connectivity index (χ3n) is 6.64. The highest BCUT2D eigenvalue weighted by Gasteiger charge is 2.43. The highest BCUT2D eigenvalue weighted by molar-refractivity contribution is 14.1. The van der Waals surface area contributed by atoms with Crippen LogP contribution >= 0.6 is 22.6 Å². The molecule has 0 spiro atoms. The van der Waals surface area contributed by atoms with Crippen molar-refractivity contribution in [2.24, 2.45) is 0 Å². The number of ether oxygens (including phenoxy) is 3. The number of esters is 1. The first-order chi connectivity index (χ1) is 18.4. The van der Waals surface area contributed by atoms with Crippen LogP contribution in [0.2, 0.25) is 0 Å². The van der Waals surface area contributed by atoms with Crippen LogP contribution in [0.25, 0.3) is 5.70 Å². The van der Waals surface area contributed by atoms with Crippen LogP contribution in [0, 0.1) is 3.57 Å². The summed E-state index contributed by atoms with van der Waals surface area (Å²) in [4.78, 5) is 27.0. The van der Waals surface area contributed by atoms with Crippen LogP contribution in [0.4, 0.5) is 0 Å². The van der Waals surface area contributed by atoms with Crippen LogP contribution in [0.15, 0.2) is 83.6 Å². The largest absolute Gasteiger partial charge is 0.490 e. The molecule has 1 aliphatic carbocycles. The minimum atomic E-state index is -0.624. The van der Waals surface area contributed by atoms with E-state index in [1.807, 2.05) is 80.6 Å². The minimum Gasteiger partial charge on any atom is -0.490 e. The fourth-order valence-corrected chi connectivity index (χ4v) is 5.81. The first kappa shape index (κ1) is 26.0. The van der Waals surface area contributed by atoms with Crippen molar-refractivity contribution in [2.45, 2.75) is 33.3 Å². The van der Waals surface area contributed by atoms with Gasteiger partial charge in [-0.05, 0) is 66.6 Å². The molecule has 0 bridgehead atoms. The zero-order chi connectivity index (χ0) is 26.8. The Balaban J connectivity index is 1.63. The number of fused-ring (bicyclic) bond motifs is 2. The summed E-state index contributed by atoms with van der Waals surface area (Å²) < 4.78 is 18.5. The molecule has 1 atom stereocenters. The summed E-state index contributed by atoms with van der Waals surface area (Å²) >= 11 is 2.23. The first-order valence-electron chi connectivity index (χ1n) is 12.6. The van der Waals surface area contributed by atoms with Crippen molar-refractivity contribution >= 4 is 40.0 Å². The highest BCUT2D eigenvalue weighted by atomic mass is 127. The molecule has 0 amide bonds. The lowest BCUT2D eigenvalue weighted by Gasteiger charge is -2.30. The van der Waals surface area contributed by atoms with E-state index in [0.29, 0.717) is 47.1 Å². The molecule has 0 saturated heterocycles. The van der Waals surface area contributed by atoms with E-state index in [-0.39, 0.29) is 12.4 Å². The number of carbonyl (C=O) groups excluding carboxylic acids is 2. The molecule has 1 N–H and O–H groups in total. The lowest BCUT2D eigenvalue weighted by molar-refractivity contribution is -0.138. The number of dihydropyridines is 1. The second-order valence-corrected chi connectivity index (χ2v) is 10.2. The Morgan fingerprint density at radius 3 is 2.37 bits per heavy atom. The molecule has 2 aliphatic rings.